The van der Waals surface area contributed by atoms with Gasteiger partial charge in [-0.3, -0.25) is 0 Å². The predicted octanol–water partition coefficient (Wildman–Crippen LogP) is 1.17. The molecule has 1 N–H and O–H groups in total. The quantitative estimate of drug-likeness (QED) is 0.498. The van der Waals surface area contributed by atoms with E-state index in [4.69, 9.17) is 5.11 Å². The van der Waals surface area contributed by atoms with Crippen LogP contribution >= 0.6 is 0 Å². The van der Waals surface area contributed by atoms with Crippen LogP contribution in [-0.4, -0.2) is 11.2 Å². The summed E-state index contributed by atoms with van der Waals surface area (Å²) < 4.78 is 0. The summed E-state index contributed by atoms with van der Waals surface area (Å²) in [5.41, 5.74) is 0. The molecule has 1 heteroatoms. The van der Waals surface area contributed by atoms with Gasteiger partial charge in [0.05, 0.1) is 6.10 Å². The van der Waals surface area contributed by atoms with Gasteiger partial charge in [-0.15, -0.1) is 0 Å². The average molecular weight is 112 g/mol. The Morgan fingerprint density at radius 1 is 1.00 bits per heavy atom. The fraction of sp³-hybridized carbons (Fsp3) is 1.00. The van der Waals surface area contributed by atoms with Gasteiger partial charge in [-0.05, 0) is 37.5 Å². The maximum absolute atomic E-state index is 9.11. The van der Waals surface area contributed by atoms with Crippen LogP contribution < -0.4 is 0 Å². The number of hydrogen-bond donors (Lipinski definition) is 1. The Labute approximate surface area is 49.7 Å². The van der Waals surface area contributed by atoms with Gasteiger partial charge in [0.15, 0.2) is 0 Å². The summed E-state index contributed by atoms with van der Waals surface area (Å²) in [7, 11) is 0. The highest BCUT2D eigenvalue weighted by Crippen LogP contribution is 2.49. The normalized spacial score (nSPS) is 52.9. The van der Waals surface area contributed by atoms with Gasteiger partial charge in [0.25, 0.3) is 0 Å². The van der Waals surface area contributed by atoms with Crippen LogP contribution in [0.5, 0.6) is 0 Å². The smallest absolute Gasteiger partial charge is 0.0543 e. The van der Waals surface area contributed by atoms with Gasteiger partial charge < -0.3 is 5.11 Å². The van der Waals surface area contributed by atoms with Crippen molar-refractivity contribution in [1.29, 1.82) is 0 Å². The van der Waals surface area contributed by atoms with Crippen molar-refractivity contribution in [2.24, 2.45) is 11.8 Å². The summed E-state index contributed by atoms with van der Waals surface area (Å²) in [4.78, 5) is 0. The molecular weight excluding hydrogens is 100 g/mol. The van der Waals surface area contributed by atoms with Crippen molar-refractivity contribution in [2.45, 2.75) is 31.8 Å². The van der Waals surface area contributed by atoms with E-state index in [-0.39, 0.29) is 6.10 Å². The van der Waals surface area contributed by atoms with Crippen molar-refractivity contribution >= 4 is 0 Å². The third-order valence-electron chi connectivity index (χ3n) is 2.51. The molecule has 0 aromatic carbocycles. The molecule has 0 heterocycles. The van der Waals surface area contributed by atoms with E-state index in [0.29, 0.717) is 0 Å². The van der Waals surface area contributed by atoms with Crippen LogP contribution in [-0.2, 0) is 0 Å². The van der Waals surface area contributed by atoms with E-state index in [1.54, 1.807) is 0 Å². The Hall–Kier alpha value is -0.0400. The highest BCUT2D eigenvalue weighted by atomic mass is 16.3. The topological polar surface area (TPSA) is 20.2 Å². The average Bonchev–Trinajstić information content (AvgIpc) is 2.43. The second kappa shape index (κ2) is 1.47. The molecule has 0 saturated heterocycles. The van der Waals surface area contributed by atoms with Gasteiger partial charge >= 0.3 is 0 Å². The van der Waals surface area contributed by atoms with E-state index < -0.39 is 0 Å². The number of hydrogen-bond acceptors (Lipinski definition) is 1. The van der Waals surface area contributed by atoms with E-state index in [0.717, 1.165) is 24.7 Å². The van der Waals surface area contributed by atoms with Gasteiger partial charge in [-0.1, -0.05) is 0 Å². The molecule has 0 aliphatic heterocycles. The van der Waals surface area contributed by atoms with E-state index in [2.05, 4.69) is 0 Å². The molecule has 0 bridgehead atoms. The highest BCUT2D eigenvalue weighted by Gasteiger charge is 2.41. The lowest BCUT2D eigenvalue weighted by Crippen LogP contribution is -2.12. The summed E-state index contributed by atoms with van der Waals surface area (Å²) in [5, 5.41) is 9.11. The molecule has 2 rings (SSSR count). The summed E-state index contributed by atoms with van der Waals surface area (Å²) in [6, 6.07) is 0. The van der Waals surface area contributed by atoms with Crippen molar-refractivity contribution < 1.29 is 5.11 Å². The second-order valence-corrected chi connectivity index (χ2v) is 3.22. The lowest BCUT2D eigenvalue weighted by Gasteiger charge is -2.14. The molecule has 1 nitrogen and oxygen atoms in total. The summed E-state index contributed by atoms with van der Waals surface area (Å²) in [6.45, 7) is 0. The number of rotatable bonds is 0. The van der Waals surface area contributed by atoms with Crippen LogP contribution in [0.1, 0.15) is 25.7 Å². The zero-order valence-electron chi connectivity index (χ0n) is 5.01. The first kappa shape index (κ1) is 4.80. The maximum Gasteiger partial charge on any atom is 0.0543 e. The predicted molar refractivity (Wildman–Crippen MR) is 31.5 cm³/mol. The van der Waals surface area contributed by atoms with Gasteiger partial charge in [-0.25, -0.2) is 0 Å². The minimum absolute atomic E-state index is 0.0544. The molecule has 2 saturated carbocycles. The molecule has 0 radical (unpaired) electrons. The first-order valence-electron chi connectivity index (χ1n) is 3.54. The van der Waals surface area contributed by atoms with Gasteiger partial charge in [0.2, 0.25) is 0 Å². The van der Waals surface area contributed by atoms with E-state index in [1.165, 1.54) is 12.8 Å². The molecule has 2 fully saturated rings. The first-order valence-corrected chi connectivity index (χ1v) is 3.54. The Morgan fingerprint density at radius 2 is 1.88 bits per heavy atom. The van der Waals surface area contributed by atoms with Crippen molar-refractivity contribution in [3.63, 3.8) is 0 Å². The largest absolute Gasteiger partial charge is 0.393 e. The van der Waals surface area contributed by atoms with Crippen LogP contribution in [0, 0.1) is 11.8 Å². The van der Waals surface area contributed by atoms with E-state index in [9.17, 15) is 0 Å². The highest BCUT2D eigenvalue weighted by molar-refractivity contribution is 4.92. The molecule has 3 atom stereocenters. The van der Waals surface area contributed by atoms with Crippen molar-refractivity contribution in [3.05, 3.63) is 0 Å². The maximum atomic E-state index is 9.11. The zero-order chi connectivity index (χ0) is 5.56. The summed E-state index contributed by atoms with van der Waals surface area (Å²) in [6.07, 6.45) is 4.94. The Balaban J connectivity index is 1.93. The van der Waals surface area contributed by atoms with Crippen LogP contribution in [0.3, 0.4) is 0 Å². The monoisotopic (exact) mass is 112 g/mol. The number of aliphatic hydroxyl groups excluding tert-OH is 1. The fourth-order valence-corrected chi connectivity index (χ4v) is 1.83. The third-order valence-corrected chi connectivity index (χ3v) is 2.51. The first-order chi connectivity index (χ1) is 3.86. The van der Waals surface area contributed by atoms with Crippen LogP contribution in [0.4, 0.5) is 0 Å². The molecule has 46 valence electrons. The van der Waals surface area contributed by atoms with Gasteiger partial charge in [0.1, 0.15) is 0 Å². The Kier molecular flexibility index (Phi) is 0.884. The molecule has 8 heavy (non-hydrogen) atoms. The molecule has 2 aliphatic rings. The SMILES string of the molecule is OC1CC[C@@H]2C[C@H]2C1. The van der Waals surface area contributed by atoms with Crippen molar-refractivity contribution in [2.75, 3.05) is 0 Å². The van der Waals surface area contributed by atoms with Gasteiger partial charge in [-0.2, -0.15) is 0 Å². The molecule has 0 amide bonds. The molecular formula is C7H12O. The van der Waals surface area contributed by atoms with Crippen molar-refractivity contribution in [1.82, 2.24) is 0 Å². The minimum Gasteiger partial charge on any atom is -0.393 e. The molecule has 0 aromatic heterocycles. The Morgan fingerprint density at radius 3 is 2.50 bits per heavy atom. The lowest BCUT2D eigenvalue weighted by atomic mass is 9.98. The van der Waals surface area contributed by atoms with Gasteiger partial charge in [0, 0.05) is 0 Å². The van der Waals surface area contributed by atoms with Crippen LogP contribution in [0.15, 0.2) is 0 Å². The van der Waals surface area contributed by atoms with Crippen LogP contribution in [0.25, 0.3) is 0 Å². The minimum atomic E-state index is 0.0544. The lowest BCUT2D eigenvalue weighted by molar-refractivity contribution is 0.125. The van der Waals surface area contributed by atoms with Crippen molar-refractivity contribution in [3.8, 4) is 0 Å². The van der Waals surface area contributed by atoms with E-state index >= 15 is 0 Å². The van der Waals surface area contributed by atoms with Crippen LogP contribution in [0.2, 0.25) is 0 Å². The number of aliphatic hydroxyl groups is 1. The molecule has 2 aliphatic carbocycles. The Bertz CT molecular complexity index is 101. The zero-order valence-corrected chi connectivity index (χ0v) is 5.01. The second-order valence-electron chi connectivity index (χ2n) is 3.22. The summed E-state index contributed by atoms with van der Waals surface area (Å²) in [5.74, 6) is 1.96. The molecule has 0 spiro atoms. The number of fused-ring (bicyclic) bond motifs is 1. The standard InChI is InChI=1S/C7H12O/c8-7-2-1-5-3-6(5)4-7/h5-8H,1-4H2/t5-,6+,7?/m1/s1. The molecule has 1 unspecified atom stereocenters. The third kappa shape index (κ3) is 0.655. The van der Waals surface area contributed by atoms with E-state index in [1.807, 2.05) is 0 Å². The molecule has 0 aromatic rings. The summed E-state index contributed by atoms with van der Waals surface area (Å²) >= 11 is 0. The fourth-order valence-electron chi connectivity index (χ4n) is 1.83.